The standard InChI is InChI=1S/C9H14N2O3/c1-7-6-14-9(10-7)11-8(13)4-2-3-5-12/h6,12H,2-5H2,1H3,(H,10,11,13). The van der Waals surface area contributed by atoms with Gasteiger partial charge in [0.15, 0.2) is 0 Å². The Balaban J connectivity index is 2.27. The summed E-state index contributed by atoms with van der Waals surface area (Å²) in [6.45, 7) is 1.90. The van der Waals surface area contributed by atoms with Crippen LogP contribution in [0.1, 0.15) is 25.0 Å². The topological polar surface area (TPSA) is 75.4 Å². The molecule has 1 amide bonds. The van der Waals surface area contributed by atoms with Gasteiger partial charge in [-0.05, 0) is 19.8 Å². The van der Waals surface area contributed by atoms with E-state index in [0.29, 0.717) is 19.3 Å². The van der Waals surface area contributed by atoms with Crippen LogP contribution < -0.4 is 5.32 Å². The van der Waals surface area contributed by atoms with E-state index >= 15 is 0 Å². The zero-order valence-electron chi connectivity index (χ0n) is 8.12. The molecule has 0 atom stereocenters. The van der Waals surface area contributed by atoms with E-state index in [1.165, 1.54) is 6.26 Å². The fourth-order valence-electron chi connectivity index (χ4n) is 0.991. The van der Waals surface area contributed by atoms with Gasteiger partial charge in [-0.1, -0.05) is 0 Å². The summed E-state index contributed by atoms with van der Waals surface area (Å²) in [5.74, 6) is -0.139. The molecule has 78 valence electrons. The van der Waals surface area contributed by atoms with Crippen LogP contribution in [0.4, 0.5) is 6.01 Å². The van der Waals surface area contributed by atoms with Gasteiger partial charge in [0.2, 0.25) is 5.91 Å². The molecule has 0 aliphatic carbocycles. The van der Waals surface area contributed by atoms with Crippen molar-refractivity contribution in [1.29, 1.82) is 0 Å². The average Bonchev–Trinajstić information content (AvgIpc) is 2.52. The first-order chi connectivity index (χ1) is 6.72. The molecule has 5 nitrogen and oxygen atoms in total. The van der Waals surface area contributed by atoms with Crippen molar-refractivity contribution in [2.24, 2.45) is 0 Å². The van der Waals surface area contributed by atoms with E-state index in [-0.39, 0.29) is 18.5 Å². The molecule has 14 heavy (non-hydrogen) atoms. The summed E-state index contributed by atoms with van der Waals surface area (Å²) in [6.07, 6.45) is 3.16. The Morgan fingerprint density at radius 3 is 3.00 bits per heavy atom. The van der Waals surface area contributed by atoms with Crippen molar-refractivity contribution < 1.29 is 14.3 Å². The molecule has 0 saturated heterocycles. The molecule has 1 heterocycles. The molecule has 0 aliphatic heterocycles. The summed E-state index contributed by atoms with van der Waals surface area (Å²) in [5.41, 5.74) is 0.732. The van der Waals surface area contributed by atoms with Crippen molar-refractivity contribution in [2.75, 3.05) is 11.9 Å². The molecule has 0 aromatic carbocycles. The maximum Gasteiger partial charge on any atom is 0.301 e. The molecule has 5 heteroatoms. The average molecular weight is 198 g/mol. The number of rotatable bonds is 5. The normalized spacial score (nSPS) is 10.1. The monoisotopic (exact) mass is 198 g/mol. The third-order valence-electron chi connectivity index (χ3n) is 1.68. The zero-order chi connectivity index (χ0) is 10.4. The molecule has 0 unspecified atom stereocenters. The number of oxazole rings is 1. The summed E-state index contributed by atoms with van der Waals surface area (Å²) in [7, 11) is 0. The Kier molecular flexibility index (Phi) is 4.12. The lowest BCUT2D eigenvalue weighted by atomic mass is 10.2. The number of carbonyl (C=O) groups is 1. The lowest BCUT2D eigenvalue weighted by Gasteiger charge is -1.98. The maximum atomic E-state index is 11.2. The van der Waals surface area contributed by atoms with Crippen LogP contribution in [0.15, 0.2) is 10.7 Å². The highest BCUT2D eigenvalue weighted by atomic mass is 16.4. The predicted octanol–water partition coefficient (Wildman–Crippen LogP) is 1.08. The maximum absolute atomic E-state index is 11.2. The molecule has 0 radical (unpaired) electrons. The molecule has 1 rings (SSSR count). The number of nitrogens with one attached hydrogen (secondary N) is 1. The van der Waals surface area contributed by atoms with Crippen LogP contribution in [0, 0.1) is 6.92 Å². The number of aliphatic hydroxyl groups is 1. The second-order valence-electron chi connectivity index (χ2n) is 3.02. The molecule has 1 aromatic rings. The smallest absolute Gasteiger partial charge is 0.301 e. The summed E-state index contributed by atoms with van der Waals surface area (Å²) in [4.78, 5) is 15.1. The van der Waals surface area contributed by atoms with Gasteiger partial charge in [-0.2, -0.15) is 4.98 Å². The summed E-state index contributed by atoms with van der Waals surface area (Å²) in [5, 5.41) is 11.0. The van der Waals surface area contributed by atoms with Crippen LogP contribution in [-0.4, -0.2) is 22.6 Å². The largest absolute Gasteiger partial charge is 0.432 e. The molecule has 0 bridgehead atoms. The number of aliphatic hydroxyl groups excluding tert-OH is 1. The number of amides is 1. The summed E-state index contributed by atoms with van der Waals surface area (Å²) >= 11 is 0. The van der Waals surface area contributed by atoms with Crippen molar-refractivity contribution in [3.05, 3.63) is 12.0 Å². The van der Waals surface area contributed by atoms with Crippen molar-refractivity contribution in [2.45, 2.75) is 26.2 Å². The van der Waals surface area contributed by atoms with Crippen LogP contribution in [-0.2, 0) is 4.79 Å². The molecule has 1 aromatic heterocycles. The first-order valence-corrected chi connectivity index (χ1v) is 4.55. The highest BCUT2D eigenvalue weighted by molar-refractivity contribution is 5.88. The number of unbranched alkanes of at least 4 members (excludes halogenated alkanes) is 1. The van der Waals surface area contributed by atoms with Gasteiger partial charge >= 0.3 is 6.01 Å². The Hall–Kier alpha value is -1.36. The first kappa shape index (κ1) is 10.7. The van der Waals surface area contributed by atoms with Gasteiger partial charge < -0.3 is 9.52 Å². The minimum Gasteiger partial charge on any atom is -0.432 e. The van der Waals surface area contributed by atoms with Crippen LogP contribution in [0.25, 0.3) is 0 Å². The van der Waals surface area contributed by atoms with Crippen LogP contribution in [0.5, 0.6) is 0 Å². The number of aryl methyl sites for hydroxylation is 1. The van der Waals surface area contributed by atoms with Gasteiger partial charge in [-0.15, -0.1) is 0 Å². The SMILES string of the molecule is Cc1coc(NC(=O)CCCCO)n1. The third kappa shape index (κ3) is 3.57. The van der Waals surface area contributed by atoms with Crippen LogP contribution in [0.3, 0.4) is 0 Å². The second kappa shape index (κ2) is 5.39. The highest BCUT2D eigenvalue weighted by Gasteiger charge is 2.05. The lowest BCUT2D eigenvalue weighted by Crippen LogP contribution is -2.11. The molecule has 0 spiro atoms. The zero-order valence-corrected chi connectivity index (χ0v) is 8.12. The number of carbonyl (C=O) groups excluding carboxylic acids is 1. The van der Waals surface area contributed by atoms with Gasteiger partial charge in [-0.3, -0.25) is 10.1 Å². The van der Waals surface area contributed by atoms with E-state index in [9.17, 15) is 4.79 Å². The molecular formula is C9H14N2O3. The highest BCUT2D eigenvalue weighted by Crippen LogP contribution is 2.07. The Bertz CT molecular complexity index is 296. The number of hydrogen-bond acceptors (Lipinski definition) is 4. The van der Waals surface area contributed by atoms with E-state index in [1.54, 1.807) is 6.92 Å². The molecule has 0 saturated carbocycles. The van der Waals surface area contributed by atoms with E-state index < -0.39 is 0 Å². The van der Waals surface area contributed by atoms with E-state index in [1.807, 2.05) is 0 Å². The number of aromatic nitrogens is 1. The van der Waals surface area contributed by atoms with Crippen molar-refractivity contribution >= 4 is 11.9 Å². The van der Waals surface area contributed by atoms with Gasteiger partial charge in [0, 0.05) is 13.0 Å². The molecule has 2 N–H and O–H groups in total. The molecule has 0 aliphatic rings. The lowest BCUT2D eigenvalue weighted by molar-refractivity contribution is -0.116. The fourth-order valence-corrected chi connectivity index (χ4v) is 0.991. The van der Waals surface area contributed by atoms with E-state index in [2.05, 4.69) is 10.3 Å². The number of hydrogen-bond donors (Lipinski definition) is 2. The first-order valence-electron chi connectivity index (χ1n) is 4.55. The predicted molar refractivity (Wildman–Crippen MR) is 50.8 cm³/mol. The minimum absolute atomic E-state index is 0.116. The summed E-state index contributed by atoms with van der Waals surface area (Å²) < 4.78 is 4.95. The second-order valence-corrected chi connectivity index (χ2v) is 3.02. The Morgan fingerprint density at radius 2 is 2.43 bits per heavy atom. The third-order valence-corrected chi connectivity index (χ3v) is 1.68. The molecule has 0 fully saturated rings. The van der Waals surface area contributed by atoms with Crippen molar-refractivity contribution in [1.82, 2.24) is 4.98 Å². The van der Waals surface area contributed by atoms with E-state index in [4.69, 9.17) is 9.52 Å². The van der Waals surface area contributed by atoms with Gasteiger partial charge in [-0.25, -0.2) is 0 Å². The summed E-state index contributed by atoms with van der Waals surface area (Å²) in [6, 6.07) is 0.233. The van der Waals surface area contributed by atoms with Crippen LogP contribution >= 0.6 is 0 Å². The van der Waals surface area contributed by atoms with Crippen LogP contribution in [0.2, 0.25) is 0 Å². The Labute approximate surface area is 82.1 Å². The quantitative estimate of drug-likeness (QED) is 0.694. The van der Waals surface area contributed by atoms with E-state index in [0.717, 1.165) is 5.69 Å². The fraction of sp³-hybridized carbons (Fsp3) is 0.556. The number of nitrogens with zero attached hydrogens (tertiary/aromatic N) is 1. The molecular weight excluding hydrogens is 184 g/mol. The Morgan fingerprint density at radius 1 is 1.64 bits per heavy atom. The van der Waals surface area contributed by atoms with Crippen molar-refractivity contribution in [3.63, 3.8) is 0 Å². The minimum atomic E-state index is -0.139. The van der Waals surface area contributed by atoms with Gasteiger partial charge in [0.1, 0.15) is 6.26 Å². The van der Waals surface area contributed by atoms with Gasteiger partial charge in [0.25, 0.3) is 0 Å². The number of anilines is 1. The van der Waals surface area contributed by atoms with Crippen molar-refractivity contribution in [3.8, 4) is 0 Å². The van der Waals surface area contributed by atoms with Gasteiger partial charge in [0.05, 0.1) is 5.69 Å².